The van der Waals surface area contributed by atoms with Crippen LogP contribution in [0.5, 0.6) is 11.5 Å². The molecule has 0 saturated carbocycles. The first kappa shape index (κ1) is 21.6. The molecule has 0 aliphatic carbocycles. The zero-order valence-electron chi connectivity index (χ0n) is 18.3. The Labute approximate surface area is 193 Å². The number of hydrogen-bond donors (Lipinski definition) is 1. The Kier molecular flexibility index (Phi) is 5.09. The Hall–Kier alpha value is -4.19. The third kappa shape index (κ3) is 3.99. The predicted octanol–water partition coefficient (Wildman–Crippen LogP) is 3.69. The van der Waals surface area contributed by atoms with E-state index in [1.54, 1.807) is 31.5 Å². The number of hydrogen-bond acceptors (Lipinski definition) is 9. The van der Waals surface area contributed by atoms with Crippen molar-refractivity contribution in [1.29, 1.82) is 0 Å². The summed E-state index contributed by atoms with van der Waals surface area (Å²) in [6.45, 7) is 1.78. The second kappa shape index (κ2) is 7.99. The van der Waals surface area contributed by atoms with E-state index in [0.29, 0.717) is 22.6 Å². The molecule has 0 fully saturated rings. The highest BCUT2D eigenvalue weighted by molar-refractivity contribution is 7.90. The molecule has 0 spiro atoms. The van der Waals surface area contributed by atoms with Crippen LogP contribution in [0.2, 0.25) is 0 Å². The van der Waals surface area contributed by atoms with Crippen molar-refractivity contribution in [3.05, 3.63) is 60.6 Å². The average Bonchev–Trinajstić information content (AvgIpc) is 3.16. The fourth-order valence-corrected chi connectivity index (χ4v) is 3.91. The molecule has 0 bridgehead atoms. The van der Waals surface area contributed by atoms with Gasteiger partial charge in [-0.15, -0.1) is 0 Å². The minimum atomic E-state index is -3.65. The fourth-order valence-electron chi connectivity index (χ4n) is 3.41. The molecule has 5 aromatic rings. The number of sulfone groups is 1. The quantitative estimate of drug-likeness (QED) is 0.376. The SMILES string of the molecule is Cc1cc(Nc2ncnc3cnc(S(C)(=O)=O)nc23)c(F)cc1Oc1ccc2c(c1)ncn2C. The number of nitrogens with one attached hydrogen (secondary N) is 1. The van der Waals surface area contributed by atoms with Crippen molar-refractivity contribution in [2.24, 2.45) is 7.05 Å². The molecular weight excluding hydrogens is 461 g/mol. The van der Waals surface area contributed by atoms with Gasteiger partial charge in [-0.3, -0.25) is 0 Å². The van der Waals surface area contributed by atoms with Gasteiger partial charge in [0, 0.05) is 25.4 Å². The molecule has 5 rings (SSSR count). The minimum Gasteiger partial charge on any atom is -0.457 e. The molecule has 1 N–H and O–H groups in total. The van der Waals surface area contributed by atoms with Crippen LogP contribution in [0.4, 0.5) is 15.9 Å². The lowest BCUT2D eigenvalue weighted by Gasteiger charge is -2.13. The van der Waals surface area contributed by atoms with Gasteiger partial charge in [-0.2, -0.15) is 0 Å². The first-order valence-electron chi connectivity index (χ1n) is 10.0. The van der Waals surface area contributed by atoms with Crippen LogP contribution >= 0.6 is 0 Å². The van der Waals surface area contributed by atoms with Crippen LogP contribution in [-0.4, -0.2) is 44.2 Å². The van der Waals surface area contributed by atoms with E-state index in [1.165, 1.54) is 18.6 Å². The Morgan fingerprint density at radius 2 is 1.88 bits per heavy atom. The number of halogens is 1. The van der Waals surface area contributed by atoms with Crippen LogP contribution in [0.1, 0.15) is 5.56 Å². The number of ether oxygens (including phenoxy) is 1. The highest BCUT2D eigenvalue weighted by Gasteiger charge is 2.17. The second-order valence-corrected chi connectivity index (χ2v) is 9.62. The maximum atomic E-state index is 15.0. The van der Waals surface area contributed by atoms with Crippen LogP contribution in [0.3, 0.4) is 0 Å². The smallest absolute Gasteiger partial charge is 0.247 e. The number of nitrogens with zero attached hydrogens (tertiary/aromatic N) is 6. The van der Waals surface area contributed by atoms with Crippen LogP contribution in [0.15, 0.2) is 54.3 Å². The molecule has 2 aromatic carbocycles. The monoisotopic (exact) mass is 479 g/mol. The van der Waals surface area contributed by atoms with E-state index >= 15 is 4.39 Å². The number of aryl methyl sites for hydroxylation is 2. The first-order chi connectivity index (χ1) is 16.2. The summed E-state index contributed by atoms with van der Waals surface area (Å²) >= 11 is 0. The summed E-state index contributed by atoms with van der Waals surface area (Å²) in [4.78, 5) is 20.3. The van der Waals surface area contributed by atoms with Gasteiger partial charge < -0.3 is 14.6 Å². The van der Waals surface area contributed by atoms with E-state index in [4.69, 9.17) is 4.74 Å². The Bertz CT molecular complexity index is 1690. The lowest BCUT2D eigenvalue weighted by molar-refractivity contribution is 0.474. The third-order valence-electron chi connectivity index (χ3n) is 5.13. The number of fused-ring (bicyclic) bond motifs is 2. The molecular formula is C22H18FN7O3S. The van der Waals surface area contributed by atoms with Gasteiger partial charge >= 0.3 is 0 Å². The zero-order chi connectivity index (χ0) is 24.0. The summed E-state index contributed by atoms with van der Waals surface area (Å²) in [5.41, 5.74) is 2.96. The van der Waals surface area contributed by atoms with Gasteiger partial charge in [-0.1, -0.05) is 0 Å². The molecule has 3 heterocycles. The standard InChI is InChI=1S/C22H18FN7O3S/c1-12-6-15(28-21-20-17(25-10-26-21)9-24-22(29-20)34(3,31)32)14(23)8-19(12)33-13-4-5-18-16(7-13)27-11-30(18)2/h4-11H,1-3H3,(H,25,26,28). The van der Waals surface area contributed by atoms with E-state index in [1.807, 2.05) is 17.7 Å². The Morgan fingerprint density at radius 3 is 2.68 bits per heavy atom. The Morgan fingerprint density at radius 1 is 1.06 bits per heavy atom. The van der Waals surface area contributed by atoms with E-state index in [9.17, 15) is 8.42 Å². The van der Waals surface area contributed by atoms with Crippen LogP contribution < -0.4 is 10.1 Å². The van der Waals surface area contributed by atoms with E-state index < -0.39 is 15.7 Å². The van der Waals surface area contributed by atoms with Gasteiger partial charge in [0.15, 0.2) is 5.82 Å². The zero-order valence-corrected chi connectivity index (χ0v) is 19.1. The molecule has 0 aliphatic rings. The highest BCUT2D eigenvalue weighted by Crippen LogP contribution is 2.32. The highest BCUT2D eigenvalue weighted by atomic mass is 32.2. The van der Waals surface area contributed by atoms with Crippen molar-refractivity contribution >= 4 is 43.4 Å². The number of anilines is 2. The van der Waals surface area contributed by atoms with Crippen molar-refractivity contribution < 1.29 is 17.5 Å². The van der Waals surface area contributed by atoms with Gasteiger partial charge in [0.1, 0.15) is 34.7 Å². The van der Waals surface area contributed by atoms with E-state index in [0.717, 1.165) is 17.3 Å². The van der Waals surface area contributed by atoms with Gasteiger partial charge in [0.2, 0.25) is 15.0 Å². The molecule has 34 heavy (non-hydrogen) atoms. The van der Waals surface area contributed by atoms with Gasteiger partial charge in [-0.25, -0.2) is 37.7 Å². The first-order valence-corrected chi connectivity index (χ1v) is 11.9. The maximum absolute atomic E-state index is 15.0. The summed E-state index contributed by atoms with van der Waals surface area (Å²) in [6.07, 6.45) is 5.24. The lowest BCUT2D eigenvalue weighted by atomic mass is 10.2. The van der Waals surface area contributed by atoms with E-state index in [2.05, 4.69) is 30.2 Å². The molecule has 0 saturated heterocycles. The molecule has 172 valence electrons. The molecule has 0 radical (unpaired) electrons. The van der Waals surface area contributed by atoms with Crippen molar-refractivity contribution in [3.63, 3.8) is 0 Å². The lowest BCUT2D eigenvalue weighted by Crippen LogP contribution is -2.06. The molecule has 12 heteroatoms. The van der Waals surface area contributed by atoms with Crippen LogP contribution in [0, 0.1) is 12.7 Å². The number of aromatic nitrogens is 6. The normalized spacial score (nSPS) is 11.8. The van der Waals surface area contributed by atoms with Gasteiger partial charge in [-0.05, 0) is 30.7 Å². The topological polar surface area (TPSA) is 125 Å². The van der Waals surface area contributed by atoms with Crippen LogP contribution in [-0.2, 0) is 16.9 Å². The molecule has 0 amide bonds. The summed E-state index contributed by atoms with van der Waals surface area (Å²) in [7, 11) is -1.75. The van der Waals surface area contributed by atoms with Gasteiger partial charge in [0.25, 0.3) is 0 Å². The molecule has 3 aromatic heterocycles. The van der Waals surface area contributed by atoms with E-state index in [-0.39, 0.29) is 22.2 Å². The number of rotatable bonds is 5. The van der Waals surface area contributed by atoms with Crippen molar-refractivity contribution in [3.8, 4) is 11.5 Å². The van der Waals surface area contributed by atoms with Crippen molar-refractivity contribution in [2.45, 2.75) is 12.1 Å². The average molecular weight is 479 g/mol. The fraction of sp³-hybridized carbons (Fsp3) is 0.136. The van der Waals surface area contributed by atoms with Crippen molar-refractivity contribution in [2.75, 3.05) is 11.6 Å². The minimum absolute atomic E-state index is 0.115. The summed E-state index contributed by atoms with van der Waals surface area (Å²) in [5, 5.41) is 2.50. The third-order valence-corrected chi connectivity index (χ3v) is 5.99. The maximum Gasteiger partial charge on any atom is 0.247 e. The largest absolute Gasteiger partial charge is 0.457 e. The molecule has 0 aliphatic heterocycles. The number of benzene rings is 2. The second-order valence-electron chi connectivity index (χ2n) is 7.71. The molecule has 10 nitrogen and oxygen atoms in total. The predicted molar refractivity (Wildman–Crippen MR) is 123 cm³/mol. The number of imidazole rings is 1. The van der Waals surface area contributed by atoms with Crippen LogP contribution in [0.25, 0.3) is 22.1 Å². The summed E-state index contributed by atoms with van der Waals surface area (Å²) < 4.78 is 46.5. The Balaban J connectivity index is 1.47. The molecule has 0 unspecified atom stereocenters. The van der Waals surface area contributed by atoms with Crippen molar-refractivity contribution in [1.82, 2.24) is 29.5 Å². The van der Waals surface area contributed by atoms with Gasteiger partial charge in [0.05, 0.1) is 29.2 Å². The molecule has 0 atom stereocenters. The summed E-state index contributed by atoms with van der Waals surface area (Å²) in [6, 6.07) is 8.29. The summed E-state index contributed by atoms with van der Waals surface area (Å²) in [5.74, 6) is 0.419.